The van der Waals surface area contributed by atoms with Crippen molar-refractivity contribution < 1.29 is 19.1 Å². The van der Waals surface area contributed by atoms with Crippen LogP contribution in [0.15, 0.2) is 0 Å². The molecule has 0 aromatic carbocycles. The molecule has 0 unspecified atom stereocenters. The quantitative estimate of drug-likeness (QED) is 0.196. The Hall–Kier alpha value is -1.06. The molecule has 0 aromatic rings. The van der Waals surface area contributed by atoms with E-state index in [9.17, 15) is 9.59 Å². The monoisotopic (exact) mass is 370 g/mol. The molecular formula is C22H42O4. The molecule has 0 N–H and O–H groups in total. The van der Waals surface area contributed by atoms with Crippen LogP contribution in [0.5, 0.6) is 0 Å². The van der Waals surface area contributed by atoms with Crippen LogP contribution in [0.25, 0.3) is 0 Å². The summed E-state index contributed by atoms with van der Waals surface area (Å²) >= 11 is 0. The highest BCUT2D eigenvalue weighted by Gasteiger charge is 2.04. The molecule has 26 heavy (non-hydrogen) atoms. The van der Waals surface area contributed by atoms with Crippen molar-refractivity contribution in [3.05, 3.63) is 0 Å². The average Bonchev–Trinajstić information content (AvgIpc) is 2.63. The first-order valence-corrected chi connectivity index (χ1v) is 11.0. The summed E-state index contributed by atoms with van der Waals surface area (Å²) in [6, 6.07) is 0. The molecule has 0 aliphatic carbocycles. The lowest BCUT2D eigenvalue weighted by molar-refractivity contribution is -0.144. The third-order valence-electron chi connectivity index (χ3n) is 4.53. The minimum Gasteiger partial charge on any atom is -0.466 e. The van der Waals surface area contributed by atoms with Crippen LogP contribution in [-0.2, 0) is 19.1 Å². The number of unbranched alkanes of at least 4 members (excludes halogenated alkanes) is 11. The van der Waals surface area contributed by atoms with Gasteiger partial charge in [-0.2, -0.15) is 0 Å². The summed E-state index contributed by atoms with van der Waals surface area (Å²) in [6.07, 6.45) is 16.6. The summed E-state index contributed by atoms with van der Waals surface area (Å²) < 4.78 is 10.4. The molecule has 0 rings (SSSR count). The van der Waals surface area contributed by atoms with E-state index >= 15 is 0 Å². The summed E-state index contributed by atoms with van der Waals surface area (Å²) in [6.45, 7) is 5.44. The van der Waals surface area contributed by atoms with Crippen LogP contribution in [0.2, 0.25) is 0 Å². The van der Waals surface area contributed by atoms with Crippen molar-refractivity contribution in [3.8, 4) is 0 Å². The van der Waals surface area contributed by atoms with Crippen LogP contribution in [0, 0.1) is 0 Å². The Bertz CT molecular complexity index is 328. The molecular weight excluding hydrogens is 328 g/mol. The molecule has 0 saturated heterocycles. The van der Waals surface area contributed by atoms with Crippen molar-refractivity contribution in [1.82, 2.24) is 0 Å². The zero-order chi connectivity index (χ0) is 19.3. The van der Waals surface area contributed by atoms with Crippen LogP contribution in [-0.4, -0.2) is 25.2 Å². The second kappa shape index (κ2) is 20.3. The van der Waals surface area contributed by atoms with Gasteiger partial charge in [-0.1, -0.05) is 78.1 Å². The first-order chi connectivity index (χ1) is 12.7. The Labute approximate surface area is 161 Å². The van der Waals surface area contributed by atoms with E-state index in [2.05, 4.69) is 13.8 Å². The SMILES string of the molecule is CCCCCCCCOC(=O)CCCCCCCCC(=O)OCCCC. The fourth-order valence-electron chi connectivity index (χ4n) is 2.79. The highest BCUT2D eigenvalue weighted by Crippen LogP contribution is 2.10. The number of hydrogen-bond acceptors (Lipinski definition) is 4. The number of carbonyl (C=O) groups excluding carboxylic acids is 2. The van der Waals surface area contributed by atoms with Gasteiger partial charge in [0.25, 0.3) is 0 Å². The van der Waals surface area contributed by atoms with Crippen molar-refractivity contribution >= 4 is 11.9 Å². The van der Waals surface area contributed by atoms with Gasteiger partial charge in [0, 0.05) is 12.8 Å². The lowest BCUT2D eigenvalue weighted by atomic mass is 10.1. The molecule has 0 saturated carbocycles. The molecule has 0 aromatic heterocycles. The summed E-state index contributed by atoms with van der Waals surface area (Å²) in [5.74, 6) is -0.111. The first-order valence-electron chi connectivity index (χ1n) is 11.0. The normalized spacial score (nSPS) is 10.7. The van der Waals surface area contributed by atoms with Crippen LogP contribution < -0.4 is 0 Å². The van der Waals surface area contributed by atoms with E-state index in [1.54, 1.807) is 0 Å². The third kappa shape index (κ3) is 19.3. The van der Waals surface area contributed by atoms with Gasteiger partial charge in [0.2, 0.25) is 0 Å². The Morgan fingerprint density at radius 1 is 0.500 bits per heavy atom. The van der Waals surface area contributed by atoms with Crippen molar-refractivity contribution in [3.63, 3.8) is 0 Å². The summed E-state index contributed by atoms with van der Waals surface area (Å²) in [5, 5.41) is 0. The molecule has 0 aliphatic heterocycles. The second-order valence-corrected chi connectivity index (χ2v) is 7.18. The van der Waals surface area contributed by atoms with E-state index in [4.69, 9.17) is 9.47 Å². The van der Waals surface area contributed by atoms with Gasteiger partial charge >= 0.3 is 11.9 Å². The molecule has 4 nitrogen and oxygen atoms in total. The molecule has 0 heterocycles. The maximum absolute atomic E-state index is 11.6. The van der Waals surface area contributed by atoms with E-state index in [1.165, 1.54) is 32.1 Å². The summed E-state index contributed by atoms with van der Waals surface area (Å²) in [5.41, 5.74) is 0. The fourth-order valence-corrected chi connectivity index (χ4v) is 2.79. The average molecular weight is 371 g/mol. The van der Waals surface area contributed by atoms with Crippen LogP contribution in [0.3, 0.4) is 0 Å². The van der Waals surface area contributed by atoms with Crippen LogP contribution >= 0.6 is 0 Å². The zero-order valence-electron chi connectivity index (χ0n) is 17.4. The molecule has 0 aliphatic rings. The van der Waals surface area contributed by atoms with E-state index < -0.39 is 0 Å². The first kappa shape index (κ1) is 24.9. The number of esters is 2. The molecule has 0 bridgehead atoms. The summed E-state index contributed by atoms with van der Waals surface area (Å²) in [7, 11) is 0. The predicted octanol–water partition coefficient (Wildman–Crippen LogP) is 6.35. The minimum absolute atomic E-state index is 0.0478. The topological polar surface area (TPSA) is 52.6 Å². The standard InChI is InChI=1S/C22H42O4/c1-3-5-7-8-13-16-20-26-22(24)18-15-12-10-9-11-14-17-21(23)25-19-6-4-2/h3-20H2,1-2H3. The number of carbonyl (C=O) groups is 2. The highest BCUT2D eigenvalue weighted by atomic mass is 16.5. The fraction of sp³-hybridized carbons (Fsp3) is 0.909. The van der Waals surface area contributed by atoms with Crippen molar-refractivity contribution in [1.29, 1.82) is 0 Å². The Morgan fingerprint density at radius 3 is 1.38 bits per heavy atom. The van der Waals surface area contributed by atoms with Gasteiger partial charge in [0.15, 0.2) is 0 Å². The maximum Gasteiger partial charge on any atom is 0.305 e. The highest BCUT2D eigenvalue weighted by molar-refractivity contribution is 5.69. The Morgan fingerprint density at radius 2 is 0.885 bits per heavy atom. The van der Waals surface area contributed by atoms with Gasteiger partial charge in [0.1, 0.15) is 0 Å². The predicted molar refractivity (Wildman–Crippen MR) is 107 cm³/mol. The van der Waals surface area contributed by atoms with Gasteiger partial charge in [-0.15, -0.1) is 0 Å². The molecule has 0 atom stereocenters. The second-order valence-electron chi connectivity index (χ2n) is 7.18. The largest absolute Gasteiger partial charge is 0.466 e. The molecule has 0 spiro atoms. The number of rotatable bonds is 19. The smallest absolute Gasteiger partial charge is 0.305 e. The molecule has 0 fully saturated rings. The molecule has 0 amide bonds. The lowest BCUT2D eigenvalue weighted by Crippen LogP contribution is -2.05. The molecule has 0 radical (unpaired) electrons. The lowest BCUT2D eigenvalue weighted by Gasteiger charge is -2.05. The van der Waals surface area contributed by atoms with Crippen molar-refractivity contribution in [2.75, 3.05) is 13.2 Å². The third-order valence-corrected chi connectivity index (χ3v) is 4.53. The zero-order valence-corrected chi connectivity index (χ0v) is 17.4. The van der Waals surface area contributed by atoms with Crippen molar-refractivity contribution in [2.45, 2.75) is 117 Å². The van der Waals surface area contributed by atoms with Gasteiger partial charge in [-0.05, 0) is 25.7 Å². The minimum atomic E-state index is -0.0634. The number of hydrogen-bond donors (Lipinski definition) is 0. The maximum atomic E-state index is 11.6. The Kier molecular flexibility index (Phi) is 19.4. The van der Waals surface area contributed by atoms with E-state index in [0.717, 1.165) is 57.8 Å². The number of ether oxygens (including phenoxy) is 2. The van der Waals surface area contributed by atoms with Crippen molar-refractivity contribution in [2.24, 2.45) is 0 Å². The van der Waals surface area contributed by atoms with Crippen LogP contribution in [0.4, 0.5) is 0 Å². The van der Waals surface area contributed by atoms with Crippen LogP contribution in [0.1, 0.15) is 117 Å². The van der Waals surface area contributed by atoms with Gasteiger partial charge in [0.05, 0.1) is 13.2 Å². The summed E-state index contributed by atoms with van der Waals surface area (Å²) in [4.78, 5) is 23.1. The molecule has 154 valence electrons. The van der Waals surface area contributed by atoms with Gasteiger partial charge in [-0.3, -0.25) is 9.59 Å². The van der Waals surface area contributed by atoms with E-state index in [0.29, 0.717) is 26.1 Å². The van der Waals surface area contributed by atoms with Gasteiger partial charge < -0.3 is 9.47 Å². The molecule has 4 heteroatoms. The van der Waals surface area contributed by atoms with E-state index in [-0.39, 0.29) is 11.9 Å². The van der Waals surface area contributed by atoms with Gasteiger partial charge in [-0.25, -0.2) is 0 Å². The Balaban J connectivity index is 3.24. The van der Waals surface area contributed by atoms with E-state index in [1.807, 2.05) is 0 Å².